The van der Waals surface area contributed by atoms with E-state index in [9.17, 15) is 4.79 Å². The van der Waals surface area contributed by atoms with Crippen LogP contribution in [0.1, 0.15) is 59.8 Å². The van der Waals surface area contributed by atoms with Gasteiger partial charge in [0, 0.05) is 0 Å². The van der Waals surface area contributed by atoms with Crippen LogP contribution in [-0.4, -0.2) is 37.7 Å². The Morgan fingerprint density at radius 2 is 2.07 bits per heavy atom. The largest absolute Gasteiger partial charge is 0.481 e. The molecule has 0 spiro atoms. The molecule has 6 heteroatoms. The van der Waals surface area contributed by atoms with Gasteiger partial charge in [0.2, 0.25) is 5.91 Å². The zero-order valence-electron chi connectivity index (χ0n) is 17.9. The molecule has 0 aromatic heterocycles. The van der Waals surface area contributed by atoms with Crippen molar-refractivity contribution in [1.82, 2.24) is 5.32 Å². The van der Waals surface area contributed by atoms with Crippen LogP contribution in [0, 0.1) is 23.2 Å². The minimum absolute atomic E-state index is 0.0263. The van der Waals surface area contributed by atoms with E-state index >= 15 is 0 Å². The lowest BCUT2D eigenvalue weighted by atomic mass is 9.47. The van der Waals surface area contributed by atoms with Crippen molar-refractivity contribution < 1.29 is 14.1 Å². The van der Waals surface area contributed by atoms with Crippen LogP contribution in [0.5, 0.6) is 0 Å². The van der Waals surface area contributed by atoms with Gasteiger partial charge in [-0.1, -0.05) is 51.0 Å². The first-order chi connectivity index (χ1) is 13.3. The molecule has 5 nitrogen and oxygen atoms in total. The summed E-state index contributed by atoms with van der Waals surface area (Å²) >= 11 is 0. The van der Waals surface area contributed by atoms with Crippen molar-refractivity contribution >= 4 is 13.0 Å². The van der Waals surface area contributed by atoms with E-state index in [4.69, 9.17) is 15.0 Å². The number of hydrogen-bond donors (Lipinski definition) is 2. The number of hydrogen-bond acceptors (Lipinski definition) is 4. The first-order valence-corrected chi connectivity index (χ1v) is 10.8. The average Bonchev–Trinajstić information content (AvgIpc) is 3.35. The Morgan fingerprint density at radius 1 is 1.36 bits per heavy atom. The predicted octanol–water partition coefficient (Wildman–Crippen LogP) is 3.25. The van der Waals surface area contributed by atoms with Gasteiger partial charge in [-0.3, -0.25) is 4.79 Å². The van der Waals surface area contributed by atoms with Crippen LogP contribution in [0.2, 0.25) is 0 Å². The molecule has 1 saturated heterocycles. The van der Waals surface area contributed by atoms with E-state index in [1.165, 1.54) is 19.3 Å². The lowest BCUT2D eigenvalue weighted by Crippen LogP contribution is -2.59. The highest BCUT2D eigenvalue weighted by Gasteiger charge is 2.62. The molecule has 0 radical (unpaired) electrons. The van der Waals surface area contributed by atoms with Gasteiger partial charge in [0.05, 0.1) is 24.7 Å². The minimum atomic E-state index is -0.291. The Morgan fingerprint density at radius 3 is 2.57 bits per heavy atom. The monoisotopic (exact) mass is 388 g/mol. The Kier molecular flexibility index (Phi) is 6.73. The van der Waals surface area contributed by atoms with E-state index in [1.54, 1.807) is 0 Å². The highest BCUT2D eigenvalue weighted by Crippen LogP contribution is 2.61. The van der Waals surface area contributed by atoms with Crippen LogP contribution in [0.25, 0.3) is 0 Å². The van der Waals surface area contributed by atoms with E-state index in [1.807, 2.05) is 26.0 Å². The summed E-state index contributed by atoms with van der Waals surface area (Å²) in [4.78, 5) is 11.7. The molecule has 1 amide bonds. The normalized spacial score (nSPS) is 33.4. The third kappa shape index (κ3) is 4.72. The van der Waals surface area contributed by atoms with Crippen LogP contribution in [0.3, 0.4) is 0 Å². The number of carbonyl (C=O) groups excluding carboxylic acids is 1. The quantitative estimate of drug-likeness (QED) is 0.541. The van der Waals surface area contributed by atoms with E-state index in [2.05, 4.69) is 25.7 Å². The standard InChI is InChI=1S/C16H27BN2O3.C6H10/c1-16(2)10-6-11(16)15-12(7-10)21-17(22-15)13(5-9-3-4-9)19-14(20)8-18;1-4-5-6(2)3/h9-13,15H,3-8,18H2,1-2H3,(H,19,20);4-5H,2H2,1,3H3/b;5-4-. The summed E-state index contributed by atoms with van der Waals surface area (Å²) in [7, 11) is -0.291. The number of nitrogens with two attached hydrogens (primary N) is 1. The van der Waals surface area contributed by atoms with Crippen molar-refractivity contribution in [3.63, 3.8) is 0 Å². The molecular weight excluding hydrogens is 351 g/mol. The lowest BCUT2D eigenvalue weighted by Gasteiger charge is -2.60. The van der Waals surface area contributed by atoms with Gasteiger partial charge < -0.3 is 20.4 Å². The zero-order valence-corrected chi connectivity index (χ0v) is 17.9. The van der Waals surface area contributed by atoms with E-state index in [-0.39, 0.29) is 37.7 Å². The third-order valence-corrected chi connectivity index (χ3v) is 7.02. The van der Waals surface area contributed by atoms with Crippen molar-refractivity contribution in [1.29, 1.82) is 0 Å². The molecule has 3 N–H and O–H groups in total. The van der Waals surface area contributed by atoms with Gasteiger partial charge in [0.1, 0.15) is 0 Å². The molecule has 1 aliphatic heterocycles. The smallest absolute Gasteiger partial charge is 0.404 e. The minimum Gasteiger partial charge on any atom is -0.404 e. The number of rotatable bonds is 6. The molecule has 4 saturated carbocycles. The molecule has 5 fully saturated rings. The predicted molar refractivity (Wildman–Crippen MR) is 113 cm³/mol. The topological polar surface area (TPSA) is 73.6 Å². The average molecular weight is 388 g/mol. The first kappa shape index (κ1) is 21.6. The number of nitrogens with one attached hydrogen (secondary N) is 1. The Labute approximate surface area is 170 Å². The molecule has 5 rings (SSSR count). The molecule has 5 atom stereocenters. The van der Waals surface area contributed by atoms with Crippen LogP contribution < -0.4 is 11.1 Å². The summed E-state index contributed by atoms with van der Waals surface area (Å²) in [5, 5.41) is 3.02. The summed E-state index contributed by atoms with van der Waals surface area (Å²) < 4.78 is 12.5. The van der Waals surface area contributed by atoms with Crippen molar-refractivity contribution in [2.45, 2.75) is 77.9 Å². The van der Waals surface area contributed by atoms with Gasteiger partial charge in [-0.05, 0) is 56.3 Å². The van der Waals surface area contributed by atoms with Crippen LogP contribution in [0.15, 0.2) is 24.3 Å². The maximum atomic E-state index is 11.7. The Balaban J connectivity index is 0.000000330. The molecule has 5 aliphatic rings. The molecule has 28 heavy (non-hydrogen) atoms. The van der Waals surface area contributed by atoms with Crippen LogP contribution in [-0.2, 0) is 14.1 Å². The second kappa shape index (κ2) is 8.72. The molecular formula is C22H37BN2O3. The second-order valence-electron chi connectivity index (χ2n) is 9.64. The molecule has 5 unspecified atom stereocenters. The lowest BCUT2D eigenvalue weighted by molar-refractivity contribution is -0.150. The molecule has 156 valence electrons. The second-order valence-corrected chi connectivity index (χ2v) is 9.64. The maximum absolute atomic E-state index is 11.7. The van der Waals surface area contributed by atoms with Crippen molar-refractivity contribution in [2.24, 2.45) is 28.9 Å². The number of allylic oxidation sites excluding steroid dienone is 3. The van der Waals surface area contributed by atoms with E-state index < -0.39 is 0 Å². The maximum Gasteiger partial charge on any atom is 0.481 e. The molecule has 0 aromatic rings. The van der Waals surface area contributed by atoms with Crippen LogP contribution >= 0.6 is 0 Å². The number of amides is 1. The summed E-state index contributed by atoms with van der Waals surface area (Å²) in [6.45, 7) is 12.4. The SMILES string of the molecule is C=C(C)/C=C\C.CC1(C)C2CC3OB(C(CC4CC4)NC(=O)CN)OC3C1C2. The van der Waals surface area contributed by atoms with Gasteiger partial charge in [-0.2, -0.15) is 0 Å². The van der Waals surface area contributed by atoms with Crippen molar-refractivity contribution in [3.8, 4) is 0 Å². The summed E-state index contributed by atoms with van der Waals surface area (Å²) in [6, 6.07) is 0. The van der Waals surface area contributed by atoms with Gasteiger partial charge in [0.15, 0.2) is 0 Å². The highest BCUT2D eigenvalue weighted by molar-refractivity contribution is 6.47. The summed E-state index contributed by atoms with van der Waals surface area (Å²) in [5.74, 6) is 1.92. The Hall–Kier alpha value is -1.11. The van der Waals surface area contributed by atoms with Gasteiger partial charge in [0.25, 0.3) is 0 Å². The Bertz CT molecular complexity index is 617. The summed E-state index contributed by atoms with van der Waals surface area (Å²) in [5.41, 5.74) is 6.94. The third-order valence-electron chi connectivity index (χ3n) is 7.02. The van der Waals surface area contributed by atoms with Gasteiger partial charge in [-0.15, -0.1) is 0 Å². The first-order valence-electron chi connectivity index (χ1n) is 10.8. The molecule has 2 bridgehead atoms. The van der Waals surface area contributed by atoms with E-state index in [0.29, 0.717) is 17.3 Å². The van der Waals surface area contributed by atoms with Crippen LogP contribution in [0.4, 0.5) is 0 Å². The fourth-order valence-corrected chi connectivity index (χ4v) is 5.05. The highest BCUT2D eigenvalue weighted by atomic mass is 16.7. The molecule has 1 heterocycles. The van der Waals surface area contributed by atoms with Crippen molar-refractivity contribution in [3.05, 3.63) is 24.3 Å². The van der Waals surface area contributed by atoms with Gasteiger partial charge in [-0.25, -0.2) is 0 Å². The molecule has 0 aromatic carbocycles. The number of carbonyl (C=O) groups is 1. The van der Waals surface area contributed by atoms with Crippen molar-refractivity contribution in [2.75, 3.05) is 6.54 Å². The van der Waals surface area contributed by atoms with E-state index in [0.717, 1.165) is 24.3 Å². The molecule has 4 aliphatic carbocycles. The van der Waals surface area contributed by atoms with Gasteiger partial charge >= 0.3 is 7.12 Å². The fourth-order valence-electron chi connectivity index (χ4n) is 5.05. The fraction of sp³-hybridized carbons (Fsp3) is 0.773. The zero-order chi connectivity index (χ0) is 20.5. The summed E-state index contributed by atoms with van der Waals surface area (Å²) in [6.07, 6.45) is 10.2.